The van der Waals surface area contributed by atoms with Crippen LogP contribution in [0.25, 0.3) is 0 Å². The monoisotopic (exact) mass is 259 g/mol. The van der Waals surface area contributed by atoms with Crippen LogP contribution in [0.15, 0.2) is 0 Å². The summed E-state index contributed by atoms with van der Waals surface area (Å²) in [6, 6.07) is 0. The van der Waals surface area contributed by atoms with Crippen molar-refractivity contribution < 1.29 is 9.84 Å². The number of rotatable bonds is 6. The van der Waals surface area contributed by atoms with Crippen molar-refractivity contribution in [1.82, 2.24) is 5.32 Å². The molecule has 0 aromatic carbocycles. The van der Waals surface area contributed by atoms with E-state index in [1.807, 2.05) is 20.8 Å². The van der Waals surface area contributed by atoms with Gasteiger partial charge in [-0.15, -0.1) is 0 Å². The number of aliphatic hydroxyl groups excluding tert-OH is 1. The minimum atomic E-state index is -0.455. The molecule has 2 N–H and O–H groups in total. The second kappa shape index (κ2) is 6.36. The van der Waals surface area contributed by atoms with E-state index in [2.05, 4.69) is 39.9 Å². The van der Waals surface area contributed by atoms with E-state index >= 15 is 0 Å². The standard InChI is InChI=1S/C15H33NO2/c1-13(2,3)11-15(7,8)16-9-12(17)10-18-14(4,5)6/h12,16-17H,9-11H2,1-8H3/t12-/m1/s1. The van der Waals surface area contributed by atoms with Gasteiger partial charge in [-0.1, -0.05) is 20.8 Å². The van der Waals surface area contributed by atoms with Crippen LogP contribution in [0.3, 0.4) is 0 Å². The summed E-state index contributed by atoms with van der Waals surface area (Å²) in [6.07, 6.45) is 0.607. The molecule has 0 fully saturated rings. The van der Waals surface area contributed by atoms with E-state index in [0.29, 0.717) is 13.2 Å². The summed E-state index contributed by atoms with van der Waals surface area (Å²) in [5.41, 5.74) is 0.117. The summed E-state index contributed by atoms with van der Waals surface area (Å²) in [5.74, 6) is 0. The lowest BCUT2D eigenvalue weighted by Gasteiger charge is -2.34. The summed E-state index contributed by atoms with van der Waals surface area (Å²) in [7, 11) is 0. The number of aliphatic hydroxyl groups is 1. The molecular weight excluding hydrogens is 226 g/mol. The van der Waals surface area contributed by atoms with Gasteiger partial charge in [-0.2, -0.15) is 0 Å². The molecule has 0 aliphatic heterocycles. The van der Waals surface area contributed by atoms with Gasteiger partial charge in [-0.25, -0.2) is 0 Å². The highest BCUT2D eigenvalue weighted by molar-refractivity contribution is 4.84. The van der Waals surface area contributed by atoms with Crippen LogP contribution in [0.1, 0.15) is 61.8 Å². The van der Waals surface area contributed by atoms with Crippen LogP contribution in [-0.4, -0.2) is 35.5 Å². The van der Waals surface area contributed by atoms with E-state index in [1.54, 1.807) is 0 Å². The van der Waals surface area contributed by atoms with Crippen LogP contribution in [0.2, 0.25) is 0 Å². The zero-order valence-corrected chi connectivity index (χ0v) is 13.6. The van der Waals surface area contributed by atoms with Gasteiger partial charge in [0, 0.05) is 12.1 Å². The second-order valence-corrected chi connectivity index (χ2v) is 8.08. The molecule has 0 heterocycles. The fourth-order valence-electron chi connectivity index (χ4n) is 2.19. The molecule has 1 atom stereocenters. The molecule has 0 aromatic rings. The summed E-state index contributed by atoms with van der Waals surface area (Å²) in [4.78, 5) is 0. The van der Waals surface area contributed by atoms with Gasteiger partial charge in [0.15, 0.2) is 0 Å². The lowest BCUT2D eigenvalue weighted by Crippen LogP contribution is -2.46. The average Bonchev–Trinajstić information content (AvgIpc) is 2.06. The largest absolute Gasteiger partial charge is 0.389 e. The molecule has 0 radical (unpaired) electrons. The normalized spacial score (nSPS) is 15.8. The molecule has 0 unspecified atom stereocenters. The highest BCUT2D eigenvalue weighted by atomic mass is 16.5. The van der Waals surface area contributed by atoms with Crippen molar-refractivity contribution in [2.24, 2.45) is 5.41 Å². The Kier molecular flexibility index (Phi) is 6.31. The molecule has 18 heavy (non-hydrogen) atoms. The van der Waals surface area contributed by atoms with Gasteiger partial charge in [-0.3, -0.25) is 0 Å². The van der Waals surface area contributed by atoms with Crippen LogP contribution in [0.5, 0.6) is 0 Å². The lowest BCUT2D eigenvalue weighted by molar-refractivity contribution is -0.0494. The van der Waals surface area contributed by atoms with Gasteiger partial charge in [0.2, 0.25) is 0 Å². The van der Waals surface area contributed by atoms with Crippen LogP contribution < -0.4 is 5.32 Å². The molecule has 0 saturated heterocycles. The Hall–Kier alpha value is -0.120. The van der Waals surface area contributed by atoms with Crippen LogP contribution in [0.4, 0.5) is 0 Å². The van der Waals surface area contributed by atoms with E-state index in [-0.39, 0.29) is 16.6 Å². The third-order valence-corrected chi connectivity index (χ3v) is 2.50. The first kappa shape index (κ1) is 17.9. The highest BCUT2D eigenvalue weighted by Crippen LogP contribution is 2.26. The Morgan fingerprint density at radius 2 is 1.50 bits per heavy atom. The fraction of sp³-hybridized carbons (Fsp3) is 1.00. The molecule has 110 valence electrons. The molecule has 0 spiro atoms. The maximum Gasteiger partial charge on any atom is 0.0898 e. The summed E-state index contributed by atoms with van der Waals surface area (Å²) in [6.45, 7) is 18.0. The maximum atomic E-state index is 9.89. The van der Waals surface area contributed by atoms with Crippen molar-refractivity contribution in [2.45, 2.75) is 79.1 Å². The quantitative estimate of drug-likeness (QED) is 0.770. The van der Waals surface area contributed by atoms with Crippen molar-refractivity contribution in [2.75, 3.05) is 13.2 Å². The van der Waals surface area contributed by atoms with E-state index < -0.39 is 6.10 Å². The molecule has 3 nitrogen and oxygen atoms in total. The first-order valence-electron chi connectivity index (χ1n) is 6.88. The van der Waals surface area contributed by atoms with Crippen molar-refractivity contribution in [3.8, 4) is 0 Å². The lowest BCUT2D eigenvalue weighted by atomic mass is 9.82. The topological polar surface area (TPSA) is 41.5 Å². The van der Waals surface area contributed by atoms with E-state index in [0.717, 1.165) is 6.42 Å². The maximum absolute atomic E-state index is 9.89. The van der Waals surface area contributed by atoms with Gasteiger partial charge in [-0.05, 0) is 46.5 Å². The van der Waals surface area contributed by atoms with Crippen LogP contribution in [-0.2, 0) is 4.74 Å². The zero-order valence-electron chi connectivity index (χ0n) is 13.6. The average molecular weight is 259 g/mol. The zero-order chi connectivity index (χ0) is 14.6. The number of hydrogen-bond donors (Lipinski definition) is 2. The molecule has 3 heteroatoms. The molecule has 0 aliphatic carbocycles. The van der Waals surface area contributed by atoms with E-state index in [1.165, 1.54) is 0 Å². The number of ether oxygens (including phenoxy) is 1. The summed E-state index contributed by atoms with van der Waals surface area (Å²) in [5, 5.41) is 13.3. The van der Waals surface area contributed by atoms with Gasteiger partial charge in [0.05, 0.1) is 18.3 Å². The van der Waals surface area contributed by atoms with Gasteiger partial charge < -0.3 is 15.2 Å². The smallest absolute Gasteiger partial charge is 0.0898 e. The van der Waals surface area contributed by atoms with Crippen LogP contribution in [0, 0.1) is 5.41 Å². The van der Waals surface area contributed by atoms with Crippen molar-refractivity contribution in [1.29, 1.82) is 0 Å². The predicted molar refractivity (Wildman–Crippen MR) is 77.9 cm³/mol. The van der Waals surface area contributed by atoms with Crippen LogP contribution >= 0.6 is 0 Å². The van der Waals surface area contributed by atoms with E-state index in [9.17, 15) is 5.11 Å². The Labute approximate surface area is 113 Å². The number of nitrogens with one attached hydrogen (secondary N) is 1. The summed E-state index contributed by atoms with van der Waals surface area (Å²) >= 11 is 0. The van der Waals surface area contributed by atoms with Gasteiger partial charge >= 0.3 is 0 Å². The number of β-amino-alcohol motifs (C(OH)–C–C–N with tert-alkyl or cyclic N) is 1. The SMILES string of the molecule is CC(C)(C)CC(C)(C)NC[C@@H](O)COC(C)(C)C. The Morgan fingerprint density at radius 1 is 1.00 bits per heavy atom. The van der Waals surface area contributed by atoms with Gasteiger partial charge in [0.25, 0.3) is 0 Å². The van der Waals surface area contributed by atoms with Crippen molar-refractivity contribution >= 4 is 0 Å². The second-order valence-electron chi connectivity index (χ2n) is 8.08. The highest BCUT2D eigenvalue weighted by Gasteiger charge is 2.25. The van der Waals surface area contributed by atoms with Crippen molar-refractivity contribution in [3.05, 3.63) is 0 Å². The molecule has 0 aliphatic rings. The Bertz CT molecular complexity index is 236. The molecule has 0 aromatic heterocycles. The Morgan fingerprint density at radius 3 is 1.89 bits per heavy atom. The number of hydrogen-bond acceptors (Lipinski definition) is 3. The third kappa shape index (κ3) is 11.0. The molecule has 0 rings (SSSR count). The van der Waals surface area contributed by atoms with E-state index in [4.69, 9.17) is 4.74 Å². The van der Waals surface area contributed by atoms with Crippen molar-refractivity contribution in [3.63, 3.8) is 0 Å². The third-order valence-electron chi connectivity index (χ3n) is 2.50. The Balaban J connectivity index is 4.01. The first-order chi connectivity index (χ1) is 7.81. The fourth-order valence-corrected chi connectivity index (χ4v) is 2.19. The first-order valence-corrected chi connectivity index (χ1v) is 6.88. The molecule has 0 bridgehead atoms. The minimum Gasteiger partial charge on any atom is -0.389 e. The molecule has 0 saturated carbocycles. The minimum absolute atomic E-state index is 0.0287. The molecule has 0 amide bonds. The summed E-state index contributed by atoms with van der Waals surface area (Å²) < 4.78 is 5.57. The predicted octanol–water partition coefficient (Wildman–Crippen LogP) is 2.97. The van der Waals surface area contributed by atoms with Gasteiger partial charge in [0.1, 0.15) is 0 Å². The molecular formula is C15H33NO2.